The Balaban J connectivity index is 1.71. The Hall–Kier alpha value is -3.04. The van der Waals surface area contributed by atoms with Gasteiger partial charge in [-0.3, -0.25) is 9.59 Å². The van der Waals surface area contributed by atoms with Gasteiger partial charge in [0.2, 0.25) is 0 Å². The summed E-state index contributed by atoms with van der Waals surface area (Å²) in [5.41, 5.74) is 0.854. The molecule has 1 amide bonds. The Morgan fingerprint density at radius 1 is 1.38 bits per heavy atom. The van der Waals surface area contributed by atoms with E-state index in [9.17, 15) is 18.4 Å². The Bertz CT molecular complexity index is 1140. The SMILES string of the molecule is C=C1c2c(C)c(=O)c(C(=O)NCc3ccc(F)cc3F)cn2C2(CCOC2)CN1COC. The molecule has 3 heterocycles. The van der Waals surface area contributed by atoms with E-state index in [0.717, 1.165) is 12.1 Å². The van der Waals surface area contributed by atoms with E-state index in [4.69, 9.17) is 9.47 Å². The molecular formula is C23H25F2N3O4. The van der Waals surface area contributed by atoms with Crippen molar-refractivity contribution in [3.8, 4) is 0 Å². The van der Waals surface area contributed by atoms with Gasteiger partial charge in [-0.25, -0.2) is 8.78 Å². The number of halogens is 2. The molecule has 1 aromatic carbocycles. The molecule has 0 radical (unpaired) electrons. The van der Waals surface area contributed by atoms with Crippen molar-refractivity contribution >= 4 is 11.6 Å². The molecule has 4 rings (SSSR count). The largest absolute Gasteiger partial charge is 0.379 e. The molecule has 1 aromatic heterocycles. The normalized spacial score (nSPS) is 20.0. The number of hydrogen-bond donors (Lipinski definition) is 1. The van der Waals surface area contributed by atoms with Crippen LogP contribution < -0.4 is 10.7 Å². The lowest BCUT2D eigenvalue weighted by molar-refractivity contribution is 0.0544. The molecule has 2 aromatic rings. The number of nitrogens with zero attached hydrogens (tertiary/aromatic N) is 2. The maximum Gasteiger partial charge on any atom is 0.257 e. The van der Waals surface area contributed by atoms with Crippen LogP contribution in [0.2, 0.25) is 0 Å². The zero-order valence-electron chi connectivity index (χ0n) is 18.0. The third-order valence-corrected chi connectivity index (χ3v) is 6.16. The quantitative estimate of drug-likeness (QED) is 0.765. The molecule has 170 valence electrons. The Morgan fingerprint density at radius 3 is 2.81 bits per heavy atom. The summed E-state index contributed by atoms with van der Waals surface area (Å²) in [4.78, 5) is 28.0. The van der Waals surface area contributed by atoms with Gasteiger partial charge in [-0.2, -0.15) is 0 Å². The lowest BCUT2D eigenvalue weighted by Crippen LogP contribution is -2.52. The predicted octanol–water partition coefficient (Wildman–Crippen LogP) is 2.37. The van der Waals surface area contributed by atoms with Crippen LogP contribution in [-0.2, 0) is 21.6 Å². The summed E-state index contributed by atoms with van der Waals surface area (Å²) in [7, 11) is 1.59. The molecule has 0 bridgehead atoms. The van der Waals surface area contributed by atoms with Gasteiger partial charge >= 0.3 is 0 Å². The van der Waals surface area contributed by atoms with Crippen molar-refractivity contribution in [1.82, 2.24) is 14.8 Å². The molecule has 7 nitrogen and oxygen atoms in total. The topological polar surface area (TPSA) is 72.8 Å². The van der Waals surface area contributed by atoms with Gasteiger partial charge in [0, 0.05) is 50.2 Å². The number of rotatable bonds is 5. The number of ether oxygens (including phenoxy) is 2. The van der Waals surface area contributed by atoms with Gasteiger partial charge in [0.15, 0.2) is 5.43 Å². The van der Waals surface area contributed by atoms with Gasteiger partial charge in [-0.15, -0.1) is 0 Å². The van der Waals surface area contributed by atoms with Gasteiger partial charge < -0.3 is 24.3 Å². The molecule has 1 spiro atoms. The molecule has 0 aliphatic carbocycles. The van der Waals surface area contributed by atoms with Gasteiger partial charge in [0.05, 0.1) is 23.5 Å². The predicted molar refractivity (Wildman–Crippen MR) is 114 cm³/mol. The highest BCUT2D eigenvalue weighted by Gasteiger charge is 2.44. The molecule has 1 N–H and O–H groups in total. The first-order valence-electron chi connectivity index (χ1n) is 10.3. The fourth-order valence-corrected chi connectivity index (χ4v) is 4.44. The molecule has 1 atom stereocenters. The molecular weight excluding hydrogens is 420 g/mol. The maximum atomic E-state index is 13.9. The average molecular weight is 445 g/mol. The van der Waals surface area contributed by atoms with E-state index in [1.165, 1.54) is 6.07 Å². The van der Waals surface area contributed by atoms with Crippen LogP contribution in [0.5, 0.6) is 0 Å². The Morgan fingerprint density at radius 2 is 2.16 bits per heavy atom. The second-order valence-electron chi connectivity index (χ2n) is 8.22. The molecule has 32 heavy (non-hydrogen) atoms. The fraction of sp³-hybridized carbons (Fsp3) is 0.391. The summed E-state index contributed by atoms with van der Waals surface area (Å²) in [6, 6.07) is 3.12. The molecule has 2 aliphatic heterocycles. The second kappa shape index (κ2) is 8.48. The number of hydrogen-bond acceptors (Lipinski definition) is 5. The van der Waals surface area contributed by atoms with E-state index in [1.54, 1.807) is 20.2 Å². The number of amides is 1. The third-order valence-electron chi connectivity index (χ3n) is 6.16. The number of fused-ring (bicyclic) bond motifs is 2. The zero-order valence-corrected chi connectivity index (χ0v) is 18.0. The van der Waals surface area contributed by atoms with E-state index < -0.39 is 28.5 Å². The van der Waals surface area contributed by atoms with Crippen molar-refractivity contribution < 1.29 is 23.0 Å². The van der Waals surface area contributed by atoms with Crippen LogP contribution in [0.1, 0.15) is 33.6 Å². The molecule has 0 saturated carbocycles. The van der Waals surface area contributed by atoms with Crippen LogP contribution in [0.25, 0.3) is 5.70 Å². The van der Waals surface area contributed by atoms with E-state index in [2.05, 4.69) is 11.9 Å². The van der Waals surface area contributed by atoms with Crippen LogP contribution in [0.4, 0.5) is 8.78 Å². The van der Waals surface area contributed by atoms with Crippen molar-refractivity contribution in [2.45, 2.75) is 25.4 Å². The van der Waals surface area contributed by atoms with Crippen LogP contribution in [-0.4, -0.2) is 49.0 Å². The number of aromatic nitrogens is 1. The first kappa shape index (κ1) is 22.2. The number of methoxy groups -OCH3 is 1. The van der Waals surface area contributed by atoms with E-state index in [0.29, 0.717) is 49.9 Å². The summed E-state index contributed by atoms with van der Waals surface area (Å²) in [6.45, 7) is 7.51. The summed E-state index contributed by atoms with van der Waals surface area (Å²) in [5.74, 6) is -2.09. The summed E-state index contributed by atoms with van der Waals surface area (Å²) < 4.78 is 40.0. The van der Waals surface area contributed by atoms with Crippen molar-refractivity contribution in [1.29, 1.82) is 0 Å². The average Bonchev–Trinajstić information content (AvgIpc) is 3.22. The fourth-order valence-electron chi connectivity index (χ4n) is 4.44. The van der Waals surface area contributed by atoms with E-state index in [-0.39, 0.29) is 17.7 Å². The summed E-state index contributed by atoms with van der Waals surface area (Å²) >= 11 is 0. The van der Waals surface area contributed by atoms with Crippen LogP contribution in [0.15, 0.2) is 35.8 Å². The maximum absolute atomic E-state index is 13.9. The minimum Gasteiger partial charge on any atom is -0.379 e. The van der Waals surface area contributed by atoms with Crippen LogP contribution >= 0.6 is 0 Å². The lowest BCUT2D eigenvalue weighted by Gasteiger charge is -2.45. The number of carbonyl (C=O) groups is 1. The van der Waals surface area contributed by atoms with Gasteiger partial charge in [-0.05, 0) is 19.4 Å². The molecule has 9 heteroatoms. The number of nitrogens with one attached hydrogen (secondary N) is 1. The van der Waals surface area contributed by atoms with Gasteiger partial charge in [-0.1, -0.05) is 12.6 Å². The zero-order chi connectivity index (χ0) is 23.0. The molecule has 2 aliphatic rings. The van der Waals surface area contributed by atoms with Crippen LogP contribution in [0.3, 0.4) is 0 Å². The monoisotopic (exact) mass is 445 g/mol. The number of carbonyl (C=O) groups excluding carboxylic acids is 1. The Labute approximate surface area is 184 Å². The standard InChI is InChI=1S/C23H25F2N3O4/c1-14-20-15(2)27(13-31-3)11-23(6-7-32-12-23)28(20)10-18(21(14)29)22(30)26-9-16-4-5-17(24)8-19(16)25/h4-5,8,10H,2,6-7,9,11-13H2,1,3H3,(H,26,30). The van der Waals surface area contributed by atoms with Gasteiger partial charge in [0.25, 0.3) is 5.91 Å². The minimum absolute atomic E-state index is 0.0481. The first-order chi connectivity index (χ1) is 15.3. The Kier molecular flexibility index (Phi) is 5.87. The molecule has 1 saturated heterocycles. The van der Waals surface area contributed by atoms with E-state index >= 15 is 0 Å². The van der Waals surface area contributed by atoms with Crippen molar-refractivity contribution in [2.24, 2.45) is 0 Å². The summed E-state index contributed by atoms with van der Waals surface area (Å²) in [5, 5.41) is 2.57. The number of pyridine rings is 1. The lowest BCUT2D eigenvalue weighted by atomic mass is 9.91. The van der Waals surface area contributed by atoms with Gasteiger partial charge in [0.1, 0.15) is 23.9 Å². The highest BCUT2D eigenvalue weighted by atomic mass is 19.1. The third kappa shape index (κ3) is 3.71. The first-order valence-corrected chi connectivity index (χ1v) is 10.3. The van der Waals surface area contributed by atoms with Crippen molar-refractivity contribution in [2.75, 3.05) is 33.6 Å². The molecule has 1 unspecified atom stereocenters. The van der Waals surface area contributed by atoms with Crippen LogP contribution in [0, 0.1) is 18.6 Å². The highest BCUT2D eigenvalue weighted by molar-refractivity contribution is 5.94. The highest BCUT2D eigenvalue weighted by Crippen LogP contribution is 2.38. The smallest absolute Gasteiger partial charge is 0.257 e. The van der Waals surface area contributed by atoms with Crippen molar-refractivity contribution in [3.05, 3.63) is 75.2 Å². The molecule has 1 fully saturated rings. The second-order valence-corrected chi connectivity index (χ2v) is 8.22. The number of benzene rings is 1. The minimum atomic E-state index is -0.764. The van der Waals surface area contributed by atoms with E-state index in [1.807, 2.05) is 9.47 Å². The van der Waals surface area contributed by atoms with Crippen molar-refractivity contribution in [3.63, 3.8) is 0 Å². The summed E-state index contributed by atoms with van der Waals surface area (Å²) in [6.07, 6.45) is 2.25.